The molecule has 208 valence electrons. The lowest BCUT2D eigenvalue weighted by Gasteiger charge is -2.28. The van der Waals surface area contributed by atoms with Crippen LogP contribution in [-0.4, -0.2) is 95.4 Å². The monoisotopic (exact) mass is 540 g/mol. The molecule has 2 amide bonds. The quantitative estimate of drug-likeness (QED) is 0.140. The zero-order chi connectivity index (χ0) is 26.4. The Kier molecular flexibility index (Phi) is 20.7. The molecule has 0 bridgehead atoms. The van der Waals surface area contributed by atoms with E-state index in [1.165, 1.54) is 0 Å². The zero-order valence-electron chi connectivity index (χ0n) is 22.6. The average Bonchev–Trinajstić information content (AvgIpc) is 2.81. The fraction of sp³-hybridized carbons (Fsp3) is 0.909. The molecule has 2 N–H and O–H groups in total. The van der Waals surface area contributed by atoms with Gasteiger partial charge in [0.1, 0.15) is 13.2 Å². The molecule has 0 heterocycles. The Morgan fingerprint density at radius 1 is 0.543 bits per heavy atom. The molecular formula is C22H48N2O9Si2. The molecule has 0 aliphatic rings. The number of amides is 2. The Morgan fingerprint density at radius 3 is 1.09 bits per heavy atom. The summed E-state index contributed by atoms with van der Waals surface area (Å²) in [7, 11) is -5.41. The van der Waals surface area contributed by atoms with Crippen molar-refractivity contribution in [1.82, 2.24) is 10.6 Å². The number of carbonyl (C=O) groups is 2. The van der Waals surface area contributed by atoms with Gasteiger partial charge in [0, 0.05) is 64.8 Å². The fourth-order valence-electron chi connectivity index (χ4n) is 3.41. The molecule has 13 heteroatoms. The molecular weight excluding hydrogens is 492 g/mol. The smallest absolute Gasteiger partial charge is 0.374 e. The maximum Gasteiger partial charge on any atom is 0.500 e. The van der Waals surface area contributed by atoms with E-state index in [4.69, 9.17) is 31.3 Å². The van der Waals surface area contributed by atoms with Crippen molar-refractivity contribution in [2.45, 2.75) is 66.5 Å². The summed E-state index contributed by atoms with van der Waals surface area (Å²) in [5.74, 6) is -0.564. The van der Waals surface area contributed by atoms with Crippen molar-refractivity contribution in [3.63, 3.8) is 0 Å². The van der Waals surface area contributed by atoms with E-state index in [9.17, 15) is 9.59 Å². The van der Waals surface area contributed by atoms with Crippen molar-refractivity contribution < 1.29 is 40.9 Å². The van der Waals surface area contributed by atoms with E-state index in [1.807, 2.05) is 41.5 Å². The van der Waals surface area contributed by atoms with E-state index >= 15 is 0 Å². The molecule has 0 aliphatic heterocycles. The van der Waals surface area contributed by atoms with Crippen LogP contribution in [0.4, 0.5) is 0 Å². The minimum Gasteiger partial charge on any atom is -0.374 e. The minimum absolute atomic E-state index is 0.187. The predicted octanol–water partition coefficient (Wildman–Crippen LogP) is 2.11. The van der Waals surface area contributed by atoms with Crippen molar-refractivity contribution in [2.75, 3.05) is 65.9 Å². The summed E-state index contributed by atoms with van der Waals surface area (Å²) in [6.07, 6.45) is 1.32. The van der Waals surface area contributed by atoms with Gasteiger partial charge in [0.15, 0.2) is 0 Å². The topological polar surface area (TPSA) is 123 Å². The van der Waals surface area contributed by atoms with E-state index in [0.717, 1.165) is 0 Å². The zero-order valence-corrected chi connectivity index (χ0v) is 24.6. The van der Waals surface area contributed by atoms with E-state index in [1.54, 1.807) is 0 Å². The molecule has 0 rings (SSSR count). The molecule has 0 radical (unpaired) electrons. The summed E-state index contributed by atoms with van der Waals surface area (Å²) >= 11 is 0. The molecule has 0 aromatic heterocycles. The second-order valence-electron chi connectivity index (χ2n) is 7.36. The second kappa shape index (κ2) is 21.2. The van der Waals surface area contributed by atoms with Gasteiger partial charge in [-0.3, -0.25) is 9.59 Å². The van der Waals surface area contributed by atoms with Crippen LogP contribution in [0.3, 0.4) is 0 Å². The third-order valence-corrected chi connectivity index (χ3v) is 10.9. The first kappa shape index (κ1) is 34.1. The summed E-state index contributed by atoms with van der Waals surface area (Å²) in [6.45, 7) is 15.1. The molecule has 0 aromatic rings. The highest BCUT2D eigenvalue weighted by atomic mass is 28.4. The summed E-state index contributed by atoms with van der Waals surface area (Å²) in [5, 5.41) is 5.57. The number of ether oxygens (including phenoxy) is 1. The van der Waals surface area contributed by atoms with Crippen molar-refractivity contribution in [3.05, 3.63) is 0 Å². The highest BCUT2D eigenvalue weighted by Crippen LogP contribution is 2.18. The third-order valence-electron chi connectivity index (χ3n) is 4.62. The molecule has 0 aliphatic carbocycles. The first-order valence-corrected chi connectivity index (χ1v) is 16.7. The Labute approximate surface area is 213 Å². The number of hydrogen-bond donors (Lipinski definition) is 2. The Bertz CT molecular complexity index is 479. The molecule has 0 fully saturated rings. The molecule has 0 saturated heterocycles. The van der Waals surface area contributed by atoms with Crippen LogP contribution in [-0.2, 0) is 40.9 Å². The van der Waals surface area contributed by atoms with Crippen LogP contribution in [0.5, 0.6) is 0 Å². The maximum atomic E-state index is 12.0. The van der Waals surface area contributed by atoms with Crippen molar-refractivity contribution >= 4 is 29.4 Å². The third kappa shape index (κ3) is 15.7. The number of carbonyl (C=O) groups excluding carboxylic acids is 2. The van der Waals surface area contributed by atoms with Gasteiger partial charge in [0.05, 0.1) is 0 Å². The molecule has 0 aromatic carbocycles. The minimum atomic E-state index is -2.71. The summed E-state index contributed by atoms with van der Waals surface area (Å²) in [4.78, 5) is 24.0. The molecule has 35 heavy (non-hydrogen) atoms. The fourth-order valence-corrected chi connectivity index (χ4v) is 8.63. The molecule has 11 nitrogen and oxygen atoms in total. The van der Waals surface area contributed by atoms with Crippen LogP contribution in [0, 0.1) is 0 Å². The lowest BCUT2D eigenvalue weighted by Crippen LogP contribution is -2.46. The van der Waals surface area contributed by atoms with Crippen LogP contribution < -0.4 is 10.6 Å². The molecule has 0 unspecified atom stereocenters. The summed E-state index contributed by atoms with van der Waals surface area (Å²) in [6, 6.07) is 1.23. The van der Waals surface area contributed by atoms with E-state index in [2.05, 4.69) is 10.6 Å². The number of nitrogens with one attached hydrogen (secondary N) is 2. The first-order valence-electron chi connectivity index (χ1n) is 12.8. The first-order chi connectivity index (χ1) is 16.9. The standard InChI is InChI=1S/C22H48N2O9Si2/c1-7-28-34(29-8-2,30-9-3)17-13-15-23-21(25)19-27-20-22(26)24-16-14-18-35(31-10-4,32-11-5)33-12-6/h7-20H2,1-6H3,(H,23,25)(H,24,26). The Hall–Kier alpha value is -0.906. The highest BCUT2D eigenvalue weighted by Gasteiger charge is 2.40. The lowest BCUT2D eigenvalue weighted by atomic mass is 10.4. The van der Waals surface area contributed by atoms with Gasteiger partial charge < -0.3 is 41.9 Å². The summed E-state index contributed by atoms with van der Waals surface area (Å²) in [5.41, 5.74) is 0. The van der Waals surface area contributed by atoms with Crippen molar-refractivity contribution in [2.24, 2.45) is 0 Å². The average molecular weight is 541 g/mol. The largest absolute Gasteiger partial charge is 0.500 e. The van der Waals surface area contributed by atoms with Crippen LogP contribution in [0.1, 0.15) is 54.4 Å². The van der Waals surface area contributed by atoms with Crippen molar-refractivity contribution in [3.8, 4) is 0 Å². The Balaban J connectivity index is 4.14. The second-order valence-corrected chi connectivity index (χ2v) is 12.8. The van der Waals surface area contributed by atoms with Gasteiger partial charge in [0.25, 0.3) is 0 Å². The maximum absolute atomic E-state index is 12.0. The Morgan fingerprint density at radius 2 is 0.829 bits per heavy atom. The van der Waals surface area contributed by atoms with E-state index < -0.39 is 17.6 Å². The van der Waals surface area contributed by atoms with E-state index in [0.29, 0.717) is 77.7 Å². The number of rotatable bonds is 24. The van der Waals surface area contributed by atoms with Crippen LogP contribution in [0.15, 0.2) is 0 Å². The van der Waals surface area contributed by atoms with Gasteiger partial charge in [-0.15, -0.1) is 0 Å². The van der Waals surface area contributed by atoms with Gasteiger partial charge in [0.2, 0.25) is 11.8 Å². The molecule has 0 saturated carbocycles. The highest BCUT2D eigenvalue weighted by molar-refractivity contribution is 6.61. The van der Waals surface area contributed by atoms with Crippen LogP contribution in [0.2, 0.25) is 12.1 Å². The SMILES string of the molecule is CCO[Si](CCCNC(=O)COCC(=O)NCCC[Si](OCC)(OCC)OCC)(OCC)OCC. The molecule has 0 spiro atoms. The van der Waals surface area contributed by atoms with Gasteiger partial charge in [-0.2, -0.15) is 0 Å². The predicted molar refractivity (Wildman–Crippen MR) is 137 cm³/mol. The van der Waals surface area contributed by atoms with Gasteiger partial charge in [-0.1, -0.05) is 0 Å². The van der Waals surface area contributed by atoms with Crippen LogP contribution in [0.25, 0.3) is 0 Å². The normalized spacial score (nSPS) is 12.1. The van der Waals surface area contributed by atoms with Gasteiger partial charge >= 0.3 is 17.6 Å². The lowest BCUT2D eigenvalue weighted by molar-refractivity contribution is -0.130. The van der Waals surface area contributed by atoms with E-state index in [-0.39, 0.29) is 25.0 Å². The summed E-state index contributed by atoms with van der Waals surface area (Å²) < 4.78 is 40.0. The van der Waals surface area contributed by atoms with Gasteiger partial charge in [-0.25, -0.2) is 0 Å². The number of hydrogen-bond acceptors (Lipinski definition) is 9. The van der Waals surface area contributed by atoms with Crippen molar-refractivity contribution in [1.29, 1.82) is 0 Å². The van der Waals surface area contributed by atoms with Gasteiger partial charge in [-0.05, 0) is 54.4 Å². The van der Waals surface area contributed by atoms with Crippen LogP contribution >= 0.6 is 0 Å². The molecule has 0 atom stereocenters.